The summed E-state index contributed by atoms with van der Waals surface area (Å²) >= 11 is 0. The van der Waals surface area contributed by atoms with E-state index in [-0.39, 0.29) is 5.97 Å². The molecule has 80 valence electrons. The van der Waals surface area contributed by atoms with Gasteiger partial charge in [-0.15, -0.1) is 0 Å². The van der Waals surface area contributed by atoms with Gasteiger partial charge in [0.2, 0.25) is 0 Å². The largest absolute Gasteiger partial charge is 0.466 e. The van der Waals surface area contributed by atoms with Crippen LogP contribution in [0, 0.1) is 0 Å². The van der Waals surface area contributed by atoms with Gasteiger partial charge in [-0.05, 0) is 32.6 Å². The van der Waals surface area contributed by atoms with E-state index in [9.17, 15) is 9.90 Å². The zero-order valence-electron chi connectivity index (χ0n) is 8.66. The number of hydrogen-bond donors (Lipinski definition) is 1. The van der Waals surface area contributed by atoms with Crippen molar-refractivity contribution < 1.29 is 14.6 Å². The molecule has 0 saturated heterocycles. The molecule has 1 atom stereocenters. The molecule has 0 aromatic carbocycles. The van der Waals surface area contributed by atoms with Crippen molar-refractivity contribution in [1.29, 1.82) is 0 Å². The first-order valence-corrected chi connectivity index (χ1v) is 5.22. The summed E-state index contributed by atoms with van der Waals surface area (Å²) in [6, 6.07) is 0. The van der Waals surface area contributed by atoms with E-state index in [1.54, 1.807) is 6.92 Å². The molecule has 1 aliphatic rings. The lowest BCUT2D eigenvalue weighted by molar-refractivity contribution is -0.144. The fourth-order valence-electron chi connectivity index (χ4n) is 1.67. The average molecular weight is 198 g/mol. The lowest BCUT2D eigenvalue weighted by atomic mass is 9.87. The molecule has 0 aliphatic heterocycles. The zero-order chi connectivity index (χ0) is 10.4. The lowest BCUT2D eigenvalue weighted by Gasteiger charge is -2.26. The summed E-state index contributed by atoms with van der Waals surface area (Å²) in [7, 11) is 0. The minimum absolute atomic E-state index is 0.222. The topological polar surface area (TPSA) is 46.5 Å². The van der Waals surface area contributed by atoms with E-state index in [0.717, 1.165) is 19.3 Å². The summed E-state index contributed by atoms with van der Waals surface area (Å²) in [5.74, 6) is -0.222. The summed E-state index contributed by atoms with van der Waals surface area (Å²) in [5.41, 5.74) is -0.773. The van der Waals surface area contributed by atoms with E-state index < -0.39 is 5.60 Å². The normalized spacial score (nSPS) is 26.1. The summed E-state index contributed by atoms with van der Waals surface area (Å²) in [4.78, 5) is 11.1. The quantitative estimate of drug-likeness (QED) is 0.553. The molecule has 1 aliphatic carbocycles. The molecule has 0 heterocycles. The highest BCUT2D eigenvalue weighted by Gasteiger charge is 2.25. The number of aliphatic hydroxyl groups is 1. The number of carbonyl (C=O) groups is 1. The molecule has 3 heteroatoms. The molecule has 0 fully saturated rings. The summed E-state index contributed by atoms with van der Waals surface area (Å²) in [6.45, 7) is 2.19. The number of hydrogen-bond acceptors (Lipinski definition) is 3. The molecular formula is C11H18O3. The SMILES string of the molecule is CCOC(=O)CCC1(O)C=CCCC1. The van der Waals surface area contributed by atoms with Gasteiger partial charge in [0.05, 0.1) is 12.2 Å². The highest BCUT2D eigenvalue weighted by molar-refractivity contribution is 5.69. The number of carbonyl (C=O) groups excluding carboxylic acids is 1. The van der Waals surface area contributed by atoms with Crippen LogP contribution in [0.1, 0.15) is 39.0 Å². The van der Waals surface area contributed by atoms with Crippen LogP contribution in [0.25, 0.3) is 0 Å². The molecule has 0 spiro atoms. The van der Waals surface area contributed by atoms with Crippen molar-refractivity contribution in [1.82, 2.24) is 0 Å². The van der Waals surface area contributed by atoms with Gasteiger partial charge in [-0.3, -0.25) is 4.79 Å². The van der Waals surface area contributed by atoms with Crippen molar-refractivity contribution in [3.63, 3.8) is 0 Å². The molecule has 0 amide bonds. The molecule has 1 unspecified atom stereocenters. The number of esters is 1. The minimum Gasteiger partial charge on any atom is -0.466 e. The van der Waals surface area contributed by atoms with Crippen molar-refractivity contribution in [3.05, 3.63) is 12.2 Å². The third kappa shape index (κ3) is 3.50. The first-order chi connectivity index (χ1) is 6.66. The van der Waals surface area contributed by atoms with Crippen LogP contribution in [0.5, 0.6) is 0 Å². The Balaban J connectivity index is 2.32. The third-order valence-corrected chi connectivity index (χ3v) is 2.48. The Kier molecular flexibility index (Phi) is 4.14. The summed E-state index contributed by atoms with van der Waals surface area (Å²) in [5, 5.41) is 9.99. The van der Waals surface area contributed by atoms with Crippen LogP contribution in [0.15, 0.2) is 12.2 Å². The van der Waals surface area contributed by atoms with Crippen molar-refractivity contribution in [3.8, 4) is 0 Å². The first-order valence-electron chi connectivity index (χ1n) is 5.22. The van der Waals surface area contributed by atoms with E-state index in [2.05, 4.69) is 0 Å². The van der Waals surface area contributed by atoms with Crippen molar-refractivity contribution >= 4 is 5.97 Å². The van der Waals surface area contributed by atoms with Gasteiger partial charge in [0.15, 0.2) is 0 Å². The Morgan fingerprint density at radius 2 is 2.43 bits per heavy atom. The molecule has 1 rings (SSSR count). The van der Waals surface area contributed by atoms with Crippen LogP contribution in [0.2, 0.25) is 0 Å². The number of ether oxygens (including phenoxy) is 1. The van der Waals surface area contributed by atoms with Crippen LogP contribution in [-0.4, -0.2) is 23.3 Å². The van der Waals surface area contributed by atoms with Crippen LogP contribution in [-0.2, 0) is 9.53 Å². The Morgan fingerprint density at radius 1 is 1.64 bits per heavy atom. The molecule has 0 saturated carbocycles. The van der Waals surface area contributed by atoms with Crippen molar-refractivity contribution in [2.45, 2.75) is 44.6 Å². The van der Waals surface area contributed by atoms with E-state index >= 15 is 0 Å². The molecule has 0 radical (unpaired) electrons. The fourth-order valence-corrected chi connectivity index (χ4v) is 1.67. The first kappa shape index (κ1) is 11.2. The monoisotopic (exact) mass is 198 g/mol. The maximum atomic E-state index is 11.1. The minimum atomic E-state index is -0.773. The van der Waals surface area contributed by atoms with Gasteiger partial charge in [0.25, 0.3) is 0 Å². The number of allylic oxidation sites excluding steroid dienone is 1. The van der Waals surface area contributed by atoms with E-state index in [0.29, 0.717) is 19.4 Å². The molecular weight excluding hydrogens is 180 g/mol. The maximum Gasteiger partial charge on any atom is 0.305 e. The molecule has 3 nitrogen and oxygen atoms in total. The standard InChI is InChI=1S/C11H18O3/c1-2-14-10(12)6-9-11(13)7-4-3-5-8-11/h4,7,13H,2-3,5-6,8-9H2,1H3. The fraction of sp³-hybridized carbons (Fsp3) is 0.727. The second-order valence-electron chi connectivity index (χ2n) is 3.70. The second-order valence-corrected chi connectivity index (χ2v) is 3.70. The predicted molar refractivity (Wildman–Crippen MR) is 53.8 cm³/mol. The van der Waals surface area contributed by atoms with Gasteiger partial charge < -0.3 is 9.84 Å². The van der Waals surface area contributed by atoms with E-state index in [1.165, 1.54) is 0 Å². The van der Waals surface area contributed by atoms with Crippen LogP contribution in [0.3, 0.4) is 0 Å². The average Bonchev–Trinajstić information content (AvgIpc) is 2.17. The van der Waals surface area contributed by atoms with Crippen molar-refractivity contribution in [2.24, 2.45) is 0 Å². The van der Waals surface area contributed by atoms with Gasteiger partial charge in [0, 0.05) is 6.42 Å². The Bertz CT molecular complexity index is 223. The van der Waals surface area contributed by atoms with Gasteiger partial charge in [-0.25, -0.2) is 0 Å². The zero-order valence-corrected chi connectivity index (χ0v) is 8.66. The van der Waals surface area contributed by atoms with Gasteiger partial charge in [-0.1, -0.05) is 12.2 Å². The molecule has 0 aromatic heterocycles. The highest BCUT2D eigenvalue weighted by Crippen LogP contribution is 2.26. The molecule has 14 heavy (non-hydrogen) atoms. The lowest BCUT2D eigenvalue weighted by Crippen LogP contribution is -2.28. The van der Waals surface area contributed by atoms with Gasteiger partial charge in [-0.2, -0.15) is 0 Å². The summed E-state index contributed by atoms with van der Waals surface area (Å²) in [6.07, 6.45) is 7.35. The van der Waals surface area contributed by atoms with E-state index in [4.69, 9.17) is 4.74 Å². The molecule has 0 bridgehead atoms. The Labute approximate surface area is 84.8 Å². The predicted octanol–water partition coefficient (Wildman–Crippen LogP) is 1.80. The van der Waals surface area contributed by atoms with Gasteiger partial charge >= 0.3 is 5.97 Å². The Morgan fingerprint density at radius 3 is 3.00 bits per heavy atom. The van der Waals surface area contributed by atoms with Crippen LogP contribution in [0.4, 0.5) is 0 Å². The van der Waals surface area contributed by atoms with E-state index in [1.807, 2.05) is 12.2 Å². The molecule has 1 N–H and O–H groups in total. The van der Waals surface area contributed by atoms with Crippen LogP contribution < -0.4 is 0 Å². The Hall–Kier alpha value is -0.830. The maximum absolute atomic E-state index is 11.1. The number of rotatable bonds is 4. The smallest absolute Gasteiger partial charge is 0.305 e. The molecule has 0 aromatic rings. The third-order valence-electron chi connectivity index (χ3n) is 2.48. The van der Waals surface area contributed by atoms with Crippen molar-refractivity contribution in [2.75, 3.05) is 6.61 Å². The van der Waals surface area contributed by atoms with Gasteiger partial charge in [0.1, 0.15) is 0 Å². The second kappa shape index (κ2) is 5.15. The van der Waals surface area contributed by atoms with Crippen LogP contribution >= 0.6 is 0 Å². The highest BCUT2D eigenvalue weighted by atomic mass is 16.5. The summed E-state index contributed by atoms with van der Waals surface area (Å²) < 4.78 is 4.80.